The van der Waals surface area contributed by atoms with E-state index in [2.05, 4.69) is 168 Å². The topological polar surface area (TPSA) is 51.6 Å². The van der Waals surface area contributed by atoms with Crippen LogP contribution in [0.4, 0.5) is 0 Å². The molecule has 0 saturated heterocycles. The largest absolute Gasteiger partial charge is 0.264 e. The molecule has 3 aromatic heterocycles. The second-order valence-electron chi connectivity index (χ2n) is 14.3. The summed E-state index contributed by atoms with van der Waals surface area (Å²) in [4.78, 5) is 19.4. The molecule has 9 aromatic rings. The van der Waals surface area contributed by atoms with E-state index in [1.807, 2.05) is 24.5 Å². The molecule has 1 spiro atoms. The first kappa shape index (κ1) is 31.2. The van der Waals surface area contributed by atoms with Gasteiger partial charge in [0.25, 0.3) is 0 Å². The minimum absolute atomic E-state index is 0.449. The highest BCUT2D eigenvalue weighted by Crippen LogP contribution is 2.63. The van der Waals surface area contributed by atoms with E-state index in [9.17, 15) is 0 Å². The zero-order valence-electron chi connectivity index (χ0n) is 29.8. The van der Waals surface area contributed by atoms with Gasteiger partial charge in [0.2, 0.25) is 0 Å². The average molecular weight is 701 g/mol. The van der Waals surface area contributed by atoms with Gasteiger partial charge in [0, 0.05) is 47.0 Å². The number of hydrogen-bond acceptors (Lipinski definition) is 4. The Hall–Kier alpha value is -7.30. The van der Waals surface area contributed by atoms with Crippen molar-refractivity contribution in [3.63, 3.8) is 0 Å². The first-order valence-electron chi connectivity index (χ1n) is 18.6. The maximum atomic E-state index is 5.34. The number of benzene rings is 6. The lowest BCUT2D eigenvalue weighted by molar-refractivity contribution is 0.794. The second kappa shape index (κ2) is 12.4. The van der Waals surface area contributed by atoms with Crippen molar-refractivity contribution in [2.75, 3.05) is 0 Å². The maximum absolute atomic E-state index is 5.34. The fourth-order valence-corrected chi connectivity index (χ4v) is 8.86. The molecule has 256 valence electrons. The molecular weight excluding hydrogens is 669 g/mol. The van der Waals surface area contributed by atoms with Crippen molar-refractivity contribution >= 4 is 0 Å². The van der Waals surface area contributed by atoms with Crippen LogP contribution in [-0.2, 0) is 5.41 Å². The van der Waals surface area contributed by atoms with Crippen molar-refractivity contribution in [3.8, 4) is 78.4 Å². The average Bonchev–Trinajstić information content (AvgIpc) is 3.74. The molecule has 6 aromatic carbocycles. The monoisotopic (exact) mass is 700 g/mol. The quantitative estimate of drug-likeness (QED) is 0.179. The molecular formula is C51H32N4. The summed E-state index contributed by atoms with van der Waals surface area (Å²) < 4.78 is 0. The summed E-state index contributed by atoms with van der Waals surface area (Å²) in [5.41, 5.74) is 18.9. The van der Waals surface area contributed by atoms with Crippen molar-refractivity contribution in [3.05, 3.63) is 217 Å². The van der Waals surface area contributed by atoms with E-state index in [1.165, 1.54) is 44.5 Å². The minimum atomic E-state index is -0.449. The zero-order valence-corrected chi connectivity index (χ0v) is 29.8. The van der Waals surface area contributed by atoms with Gasteiger partial charge in [0.05, 0.1) is 16.8 Å². The summed E-state index contributed by atoms with van der Waals surface area (Å²) in [5, 5.41) is 0. The Morgan fingerprint density at radius 1 is 0.309 bits per heavy atom. The number of pyridine rings is 2. The lowest BCUT2D eigenvalue weighted by atomic mass is 9.70. The molecule has 0 amide bonds. The Balaban J connectivity index is 1.12. The van der Waals surface area contributed by atoms with Gasteiger partial charge in [-0.1, -0.05) is 140 Å². The van der Waals surface area contributed by atoms with Gasteiger partial charge in [-0.15, -0.1) is 0 Å². The van der Waals surface area contributed by atoms with Gasteiger partial charge in [-0.2, -0.15) is 0 Å². The van der Waals surface area contributed by atoms with Gasteiger partial charge in [-0.25, -0.2) is 9.97 Å². The summed E-state index contributed by atoms with van der Waals surface area (Å²) in [6, 6.07) is 60.9. The lowest BCUT2D eigenvalue weighted by Crippen LogP contribution is -2.25. The van der Waals surface area contributed by atoms with Crippen LogP contribution in [0.5, 0.6) is 0 Å². The van der Waals surface area contributed by atoms with Crippen LogP contribution < -0.4 is 0 Å². The predicted molar refractivity (Wildman–Crippen MR) is 221 cm³/mol. The third kappa shape index (κ3) is 4.85. The lowest BCUT2D eigenvalue weighted by Gasteiger charge is -2.30. The standard InChI is InChI=1S/C51H32N4/c1-4-17-44-40(14-1)41-15-2-5-18-45(41)51(44)46-19-6-3-16-42(46)43-25-24-37(29-47(43)51)50-54-48(34-22-20-33(21-23-34)38-12-8-26-52-31-38)30-49(55-50)36-11-7-10-35(28-36)39-13-9-27-53-32-39/h1-32H. The summed E-state index contributed by atoms with van der Waals surface area (Å²) in [6.45, 7) is 0. The van der Waals surface area contributed by atoms with E-state index < -0.39 is 5.41 Å². The van der Waals surface area contributed by atoms with E-state index in [4.69, 9.17) is 9.97 Å². The predicted octanol–water partition coefficient (Wildman–Crippen LogP) is 11.9. The summed E-state index contributed by atoms with van der Waals surface area (Å²) in [5.74, 6) is 0.684. The molecule has 0 N–H and O–H groups in total. The molecule has 0 saturated carbocycles. The van der Waals surface area contributed by atoms with Gasteiger partial charge in [-0.05, 0) is 91.5 Å². The summed E-state index contributed by atoms with van der Waals surface area (Å²) in [6.07, 6.45) is 7.40. The smallest absolute Gasteiger partial charge is 0.160 e. The van der Waals surface area contributed by atoms with Crippen molar-refractivity contribution < 1.29 is 0 Å². The number of fused-ring (bicyclic) bond motifs is 10. The molecule has 4 nitrogen and oxygen atoms in total. The number of nitrogens with zero attached hydrogens (tertiary/aromatic N) is 4. The van der Waals surface area contributed by atoms with Crippen LogP contribution in [0.15, 0.2) is 195 Å². The van der Waals surface area contributed by atoms with Crippen LogP contribution in [0.2, 0.25) is 0 Å². The molecule has 0 radical (unpaired) electrons. The zero-order chi connectivity index (χ0) is 36.3. The van der Waals surface area contributed by atoms with E-state index >= 15 is 0 Å². The molecule has 4 heteroatoms. The highest BCUT2D eigenvalue weighted by Gasteiger charge is 2.51. The van der Waals surface area contributed by atoms with E-state index in [0.717, 1.165) is 50.3 Å². The SMILES string of the molecule is c1cncc(-c2ccc(-c3cc(-c4cccc(-c5cccnc5)c4)nc(-c4ccc5c(c4)C4(c6ccccc6-c6ccccc64)c4ccccc4-5)n3)cc2)c1. The van der Waals surface area contributed by atoms with Crippen molar-refractivity contribution in [2.45, 2.75) is 5.41 Å². The summed E-state index contributed by atoms with van der Waals surface area (Å²) in [7, 11) is 0. The fraction of sp³-hybridized carbons (Fsp3) is 0.0196. The first-order valence-corrected chi connectivity index (χ1v) is 18.6. The highest BCUT2D eigenvalue weighted by molar-refractivity contribution is 5.95. The van der Waals surface area contributed by atoms with Crippen molar-refractivity contribution in [1.82, 2.24) is 19.9 Å². The van der Waals surface area contributed by atoms with Crippen molar-refractivity contribution in [2.24, 2.45) is 0 Å². The molecule has 11 rings (SSSR count). The Bertz CT molecular complexity index is 2850. The van der Waals surface area contributed by atoms with Crippen molar-refractivity contribution in [1.29, 1.82) is 0 Å². The molecule has 3 heterocycles. The van der Waals surface area contributed by atoms with Gasteiger partial charge < -0.3 is 0 Å². The first-order chi connectivity index (χ1) is 27.3. The van der Waals surface area contributed by atoms with Crippen LogP contribution >= 0.6 is 0 Å². The Morgan fingerprint density at radius 2 is 0.800 bits per heavy atom. The molecule has 0 fully saturated rings. The normalized spacial score (nSPS) is 12.9. The number of aromatic nitrogens is 4. The molecule has 0 unspecified atom stereocenters. The van der Waals surface area contributed by atoms with E-state index in [-0.39, 0.29) is 0 Å². The number of hydrogen-bond donors (Lipinski definition) is 0. The van der Waals surface area contributed by atoms with Gasteiger partial charge in [-0.3, -0.25) is 9.97 Å². The van der Waals surface area contributed by atoms with E-state index in [1.54, 1.807) is 12.4 Å². The third-order valence-corrected chi connectivity index (χ3v) is 11.3. The van der Waals surface area contributed by atoms with E-state index in [0.29, 0.717) is 5.82 Å². The molecule has 2 aliphatic rings. The second-order valence-corrected chi connectivity index (χ2v) is 14.3. The summed E-state index contributed by atoms with van der Waals surface area (Å²) >= 11 is 0. The molecule has 0 aliphatic heterocycles. The number of rotatable bonds is 5. The van der Waals surface area contributed by atoms with Gasteiger partial charge in [0.15, 0.2) is 5.82 Å². The molecule has 55 heavy (non-hydrogen) atoms. The fourth-order valence-electron chi connectivity index (χ4n) is 8.86. The highest BCUT2D eigenvalue weighted by atomic mass is 14.9. The maximum Gasteiger partial charge on any atom is 0.160 e. The van der Waals surface area contributed by atoms with Crippen LogP contribution in [-0.4, -0.2) is 19.9 Å². The van der Waals surface area contributed by atoms with Crippen LogP contribution in [0.3, 0.4) is 0 Å². The third-order valence-electron chi connectivity index (χ3n) is 11.3. The molecule has 0 bridgehead atoms. The Labute approximate surface area is 319 Å². The van der Waals surface area contributed by atoms with Crippen LogP contribution in [0, 0.1) is 0 Å². The molecule has 2 aliphatic carbocycles. The van der Waals surface area contributed by atoms with Crippen LogP contribution in [0.1, 0.15) is 22.3 Å². The minimum Gasteiger partial charge on any atom is -0.264 e. The van der Waals surface area contributed by atoms with Crippen LogP contribution in [0.25, 0.3) is 78.4 Å². The molecule has 0 atom stereocenters. The Morgan fingerprint density at radius 3 is 1.40 bits per heavy atom. The van der Waals surface area contributed by atoms with Gasteiger partial charge >= 0.3 is 0 Å². The van der Waals surface area contributed by atoms with Gasteiger partial charge in [0.1, 0.15) is 0 Å². The Kier molecular flexibility index (Phi) is 7.04.